The van der Waals surface area contributed by atoms with Crippen LogP contribution in [0.2, 0.25) is 5.02 Å². The van der Waals surface area contributed by atoms with Crippen molar-refractivity contribution < 1.29 is 13.9 Å². The molecule has 96 valence electrons. The zero-order valence-electron chi connectivity index (χ0n) is 10.2. The molecule has 1 amide bonds. The van der Waals surface area contributed by atoms with Crippen LogP contribution in [0.25, 0.3) is 0 Å². The Morgan fingerprint density at radius 1 is 1.50 bits per heavy atom. The van der Waals surface area contributed by atoms with Crippen LogP contribution >= 0.6 is 11.6 Å². The number of carbonyl (C=O) groups excluding carboxylic acids is 1. The van der Waals surface area contributed by atoms with Crippen LogP contribution in [0.3, 0.4) is 0 Å². The SMILES string of the molecule is CC(C)(C)OC(=O)Nc1cc(C#N)c(F)cc1Cl. The van der Waals surface area contributed by atoms with Crippen molar-refractivity contribution in [2.75, 3.05) is 5.32 Å². The molecule has 18 heavy (non-hydrogen) atoms. The van der Waals surface area contributed by atoms with E-state index in [1.807, 2.05) is 0 Å². The summed E-state index contributed by atoms with van der Waals surface area (Å²) >= 11 is 5.75. The minimum Gasteiger partial charge on any atom is -0.444 e. The van der Waals surface area contributed by atoms with Crippen molar-refractivity contribution in [3.8, 4) is 6.07 Å². The summed E-state index contributed by atoms with van der Waals surface area (Å²) in [4.78, 5) is 11.5. The van der Waals surface area contributed by atoms with Crippen LogP contribution < -0.4 is 5.32 Å². The predicted octanol–water partition coefficient (Wildman–Crippen LogP) is 3.70. The zero-order chi connectivity index (χ0) is 13.9. The first-order valence-corrected chi connectivity index (χ1v) is 5.50. The monoisotopic (exact) mass is 270 g/mol. The molecule has 0 fully saturated rings. The van der Waals surface area contributed by atoms with E-state index in [1.54, 1.807) is 26.8 Å². The van der Waals surface area contributed by atoms with Gasteiger partial charge in [-0.15, -0.1) is 0 Å². The van der Waals surface area contributed by atoms with Gasteiger partial charge in [-0.05, 0) is 32.9 Å². The Morgan fingerprint density at radius 2 is 2.11 bits per heavy atom. The molecule has 1 aromatic carbocycles. The smallest absolute Gasteiger partial charge is 0.412 e. The summed E-state index contributed by atoms with van der Waals surface area (Å²) in [6.07, 6.45) is -0.722. The van der Waals surface area contributed by atoms with Crippen molar-refractivity contribution >= 4 is 23.4 Å². The topological polar surface area (TPSA) is 62.1 Å². The Balaban J connectivity index is 2.92. The third kappa shape index (κ3) is 3.90. The molecule has 0 spiro atoms. The van der Waals surface area contributed by atoms with Crippen LogP contribution in [0.4, 0.5) is 14.9 Å². The van der Waals surface area contributed by atoms with E-state index in [-0.39, 0.29) is 16.3 Å². The number of anilines is 1. The molecule has 0 heterocycles. The lowest BCUT2D eigenvalue weighted by atomic mass is 10.2. The molecular formula is C12H12ClFN2O2. The number of hydrogen-bond acceptors (Lipinski definition) is 3. The second-order valence-electron chi connectivity index (χ2n) is 4.55. The minimum absolute atomic E-state index is 0.00245. The number of rotatable bonds is 1. The van der Waals surface area contributed by atoms with Gasteiger partial charge in [0.15, 0.2) is 0 Å². The van der Waals surface area contributed by atoms with Crippen molar-refractivity contribution in [3.63, 3.8) is 0 Å². The quantitative estimate of drug-likeness (QED) is 0.846. The van der Waals surface area contributed by atoms with Crippen LogP contribution in [0.15, 0.2) is 12.1 Å². The van der Waals surface area contributed by atoms with Gasteiger partial charge in [-0.1, -0.05) is 11.6 Å². The first-order valence-electron chi connectivity index (χ1n) is 5.12. The minimum atomic E-state index is -0.739. The lowest BCUT2D eigenvalue weighted by molar-refractivity contribution is 0.0636. The average molecular weight is 271 g/mol. The first kappa shape index (κ1) is 14.3. The summed E-state index contributed by atoms with van der Waals surface area (Å²) in [7, 11) is 0. The maximum absolute atomic E-state index is 13.2. The molecule has 1 rings (SSSR count). The number of amides is 1. The predicted molar refractivity (Wildman–Crippen MR) is 66.0 cm³/mol. The molecule has 4 nitrogen and oxygen atoms in total. The van der Waals surface area contributed by atoms with Gasteiger partial charge in [0, 0.05) is 0 Å². The maximum atomic E-state index is 13.2. The van der Waals surface area contributed by atoms with Crippen LogP contribution in [0.1, 0.15) is 26.3 Å². The average Bonchev–Trinajstić information content (AvgIpc) is 2.19. The molecule has 1 N–H and O–H groups in total. The maximum Gasteiger partial charge on any atom is 0.412 e. The van der Waals surface area contributed by atoms with Crippen LogP contribution in [0, 0.1) is 17.1 Å². The molecule has 0 aliphatic heterocycles. The van der Waals surface area contributed by atoms with E-state index in [2.05, 4.69) is 5.32 Å². The number of nitriles is 1. The van der Waals surface area contributed by atoms with Crippen molar-refractivity contribution in [1.82, 2.24) is 0 Å². The second-order valence-corrected chi connectivity index (χ2v) is 4.96. The van der Waals surface area contributed by atoms with Crippen molar-refractivity contribution in [3.05, 3.63) is 28.5 Å². The molecule has 0 unspecified atom stereocenters. The highest BCUT2D eigenvalue weighted by Gasteiger charge is 2.18. The zero-order valence-corrected chi connectivity index (χ0v) is 10.9. The molecule has 0 radical (unpaired) electrons. The highest BCUT2D eigenvalue weighted by Crippen LogP contribution is 2.25. The Morgan fingerprint density at radius 3 is 2.61 bits per heavy atom. The van der Waals surface area contributed by atoms with Crippen molar-refractivity contribution in [2.24, 2.45) is 0 Å². The molecule has 1 aromatic rings. The Kier molecular flexibility index (Phi) is 4.15. The number of halogens is 2. The van der Waals surface area contributed by atoms with E-state index < -0.39 is 17.5 Å². The van der Waals surface area contributed by atoms with E-state index in [9.17, 15) is 9.18 Å². The van der Waals surface area contributed by atoms with Gasteiger partial charge in [0.2, 0.25) is 0 Å². The van der Waals surface area contributed by atoms with E-state index in [0.717, 1.165) is 12.1 Å². The number of carbonyl (C=O) groups is 1. The number of ether oxygens (including phenoxy) is 1. The fourth-order valence-electron chi connectivity index (χ4n) is 1.14. The van der Waals surface area contributed by atoms with Crippen molar-refractivity contribution in [2.45, 2.75) is 26.4 Å². The molecule has 0 saturated carbocycles. The summed E-state index contributed by atoms with van der Waals surface area (Å²) < 4.78 is 18.2. The number of nitrogens with one attached hydrogen (secondary N) is 1. The first-order chi connectivity index (χ1) is 8.23. The van der Waals surface area contributed by atoms with Gasteiger partial charge in [-0.25, -0.2) is 9.18 Å². The van der Waals surface area contributed by atoms with E-state index in [0.29, 0.717) is 0 Å². The Bertz CT molecular complexity index is 518. The fourth-order valence-corrected chi connectivity index (χ4v) is 1.34. The van der Waals surface area contributed by atoms with E-state index in [4.69, 9.17) is 21.6 Å². The van der Waals surface area contributed by atoms with Gasteiger partial charge in [0.25, 0.3) is 0 Å². The second kappa shape index (κ2) is 5.23. The van der Waals surface area contributed by atoms with Gasteiger partial charge >= 0.3 is 6.09 Å². The fraction of sp³-hybridized carbons (Fsp3) is 0.333. The van der Waals surface area contributed by atoms with Gasteiger partial charge in [0.05, 0.1) is 16.3 Å². The van der Waals surface area contributed by atoms with Gasteiger partial charge in [-0.2, -0.15) is 5.26 Å². The van der Waals surface area contributed by atoms with Gasteiger partial charge in [0.1, 0.15) is 17.5 Å². The molecule has 0 aromatic heterocycles. The molecule has 0 atom stereocenters. The molecule has 0 saturated heterocycles. The third-order valence-corrected chi connectivity index (χ3v) is 2.13. The highest BCUT2D eigenvalue weighted by molar-refractivity contribution is 6.33. The third-order valence-electron chi connectivity index (χ3n) is 1.81. The Hall–Kier alpha value is -1.80. The largest absolute Gasteiger partial charge is 0.444 e. The molecular weight excluding hydrogens is 259 g/mol. The lowest BCUT2D eigenvalue weighted by Gasteiger charge is -2.20. The number of hydrogen-bond donors (Lipinski definition) is 1. The summed E-state index contributed by atoms with van der Waals surface area (Å²) in [6.45, 7) is 5.12. The summed E-state index contributed by atoms with van der Waals surface area (Å²) in [6, 6.07) is 3.78. The molecule has 0 aliphatic carbocycles. The molecule has 6 heteroatoms. The standard InChI is InChI=1S/C12H12ClFN2O2/c1-12(2,3)18-11(17)16-10-4-7(6-15)9(14)5-8(10)13/h4-5H,1-3H3,(H,16,17). The van der Waals surface area contributed by atoms with E-state index >= 15 is 0 Å². The lowest BCUT2D eigenvalue weighted by Crippen LogP contribution is -2.27. The summed E-state index contributed by atoms with van der Waals surface area (Å²) in [5, 5.41) is 11.0. The van der Waals surface area contributed by atoms with Crippen LogP contribution in [-0.2, 0) is 4.74 Å². The van der Waals surface area contributed by atoms with Gasteiger partial charge < -0.3 is 4.74 Å². The Labute approximate surface area is 109 Å². The number of benzene rings is 1. The molecule has 0 aliphatic rings. The van der Waals surface area contributed by atoms with Crippen LogP contribution in [0.5, 0.6) is 0 Å². The number of nitrogens with zero attached hydrogens (tertiary/aromatic N) is 1. The van der Waals surface area contributed by atoms with E-state index in [1.165, 1.54) is 0 Å². The van der Waals surface area contributed by atoms with Crippen LogP contribution in [-0.4, -0.2) is 11.7 Å². The highest BCUT2D eigenvalue weighted by atomic mass is 35.5. The normalized spacial score (nSPS) is 10.7. The molecule has 0 bridgehead atoms. The summed E-state index contributed by atoms with van der Waals surface area (Å²) in [5.41, 5.74) is -0.733. The summed E-state index contributed by atoms with van der Waals surface area (Å²) in [5.74, 6) is -0.739. The van der Waals surface area contributed by atoms with Gasteiger partial charge in [-0.3, -0.25) is 5.32 Å². The van der Waals surface area contributed by atoms with Crippen molar-refractivity contribution in [1.29, 1.82) is 5.26 Å².